The van der Waals surface area contributed by atoms with Gasteiger partial charge in [0, 0.05) is 13.0 Å². The van der Waals surface area contributed by atoms with E-state index in [4.69, 9.17) is 27.7 Å². The third-order valence-electron chi connectivity index (χ3n) is 3.83. The second kappa shape index (κ2) is 13.7. The topological polar surface area (TPSA) is 256 Å². The normalized spacial score (nSPS) is 13.3. The number of carbonyl (C=O) groups is 5. The lowest BCUT2D eigenvalue weighted by Gasteiger charge is -2.18. The highest BCUT2D eigenvalue weighted by Gasteiger charge is 2.22. The molecule has 170 valence electrons. The van der Waals surface area contributed by atoms with Gasteiger partial charge in [-0.05, 0) is 26.2 Å². The maximum absolute atomic E-state index is 12.0. The van der Waals surface area contributed by atoms with Gasteiger partial charge < -0.3 is 43.6 Å². The zero-order valence-corrected chi connectivity index (χ0v) is 16.7. The van der Waals surface area contributed by atoms with Crippen LogP contribution in [0.5, 0.6) is 0 Å². The molecule has 0 saturated heterocycles. The summed E-state index contributed by atoms with van der Waals surface area (Å²) in [4.78, 5) is 57.7. The van der Waals surface area contributed by atoms with Gasteiger partial charge in [-0.2, -0.15) is 0 Å². The van der Waals surface area contributed by atoms with E-state index in [1.54, 1.807) is 0 Å². The number of nitrogens with one attached hydrogen (secondary N) is 5. The average molecular weight is 430 g/mol. The minimum absolute atomic E-state index is 0.0242. The van der Waals surface area contributed by atoms with E-state index in [0.717, 1.165) is 0 Å². The van der Waals surface area contributed by atoms with Crippen LogP contribution in [0.2, 0.25) is 0 Å². The number of rotatable bonds is 14. The number of aliphatic carboxylic acids is 1. The Bertz CT molecular complexity index is 656. The molecule has 0 bridgehead atoms. The minimum Gasteiger partial charge on any atom is -0.480 e. The summed E-state index contributed by atoms with van der Waals surface area (Å²) in [6.07, 6.45) is 0.370. The Morgan fingerprint density at radius 1 is 1.00 bits per heavy atom. The fourth-order valence-electron chi connectivity index (χ4n) is 2.17. The van der Waals surface area contributed by atoms with Crippen LogP contribution in [0.15, 0.2) is 0 Å². The van der Waals surface area contributed by atoms with E-state index in [0.29, 0.717) is 6.42 Å². The molecule has 0 unspecified atom stereocenters. The molecule has 0 aromatic heterocycles. The lowest BCUT2D eigenvalue weighted by molar-refractivity contribution is -0.142. The van der Waals surface area contributed by atoms with Crippen molar-refractivity contribution in [3.63, 3.8) is 0 Å². The van der Waals surface area contributed by atoms with Gasteiger partial charge in [0.1, 0.15) is 12.1 Å². The molecule has 0 saturated carbocycles. The lowest BCUT2D eigenvalue weighted by atomic mass is 10.1. The number of amides is 4. The molecular weight excluding hydrogens is 400 g/mol. The third kappa shape index (κ3) is 12.1. The van der Waals surface area contributed by atoms with E-state index >= 15 is 0 Å². The van der Waals surface area contributed by atoms with Crippen molar-refractivity contribution in [2.75, 3.05) is 13.1 Å². The molecule has 0 fully saturated rings. The molecule has 30 heavy (non-hydrogen) atoms. The Morgan fingerprint density at radius 2 is 1.63 bits per heavy atom. The van der Waals surface area contributed by atoms with Gasteiger partial charge in [-0.3, -0.25) is 24.6 Å². The van der Waals surface area contributed by atoms with Gasteiger partial charge in [0.15, 0.2) is 5.96 Å². The second-order valence-corrected chi connectivity index (χ2v) is 6.50. The van der Waals surface area contributed by atoms with Gasteiger partial charge >= 0.3 is 5.97 Å². The molecule has 0 aromatic rings. The highest BCUT2D eigenvalue weighted by atomic mass is 16.4. The van der Waals surface area contributed by atoms with Crippen LogP contribution in [0, 0.1) is 5.41 Å². The first-order valence-electron chi connectivity index (χ1n) is 9.16. The first kappa shape index (κ1) is 26.6. The Hall–Kier alpha value is -3.42. The number of carbonyl (C=O) groups excluding carboxylic acids is 4. The maximum atomic E-state index is 12.0. The Labute approximate surface area is 173 Å². The summed E-state index contributed by atoms with van der Waals surface area (Å²) in [5.41, 5.74) is 15.7. The quantitative estimate of drug-likeness (QED) is 0.0738. The molecule has 0 aromatic carbocycles. The molecule has 0 aliphatic carbocycles. The number of nitrogens with two attached hydrogens (primary N) is 3. The van der Waals surface area contributed by atoms with E-state index in [2.05, 4.69) is 21.3 Å². The fourth-order valence-corrected chi connectivity index (χ4v) is 2.17. The smallest absolute Gasteiger partial charge is 0.326 e. The van der Waals surface area contributed by atoms with Crippen LogP contribution in [0.1, 0.15) is 32.6 Å². The highest BCUT2D eigenvalue weighted by Crippen LogP contribution is 1.98. The van der Waals surface area contributed by atoms with Crippen molar-refractivity contribution in [1.82, 2.24) is 21.3 Å². The van der Waals surface area contributed by atoms with Gasteiger partial charge in [-0.25, -0.2) is 4.79 Å². The molecule has 12 N–H and O–H groups in total. The molecule has 0 aliphatic rings. The Kier molecular flexibility index (Phi) is 12.1. The van der Waals surface area contributed by atoms with Crippen molar-refractivity contribution < 1.29 is 29.1 Å². The largest absolute Gasteiger partial charge is 0.480 e. The van der Waals surface area contributed by atoms with Crippen molar-refractivity contribution in [3.05, 3.63) is 0 Å². The van der Waals surface area contributed by atoms with E-state index in [1.807, 2.05) is 0 Å². The predicted octanol–water partition coefficient (Wildman–Crippen LogP) is -3.97. The zero-order valence-electron chi connectivity index (χ0n) is 16.7. The first-order valence-corrected chi connectivity index (χ1v) is 9.16. The standard InChI is InChI=1S/C16H30N8O6/c1-8(23-14(28)9(17)4-5-11(18)25)13(27)22-7-12(26)24-10(15(29)30)3-2-6-21-16(19)20/h8-10H,2-7,17H2,1H3,(H2,18,25)(H,22,27)(H,23,28)(H,24,26)(H,29,30)(H4,19,20,21)/t8-,9-,10-/m0/s1. The average Bonchev–Trinajstić information content (AvgIpc) is 2.65. The predicted molar refractivity (Wildman–Crippen MR) is 106 cm³/mol. The summed E-state index contributed by atoms with van der Waals surface area (Å²) in [6, 6.07) is -3.22. The van der Waals surface area contributed by atoms with Gasteiger partial charge in [-0.15, -0.1) is 0 Å². The van der Waals surface area contributed by atoms with Crippen LogP contribution in [0.3, 0.4) is 0 Å². The maximum Gasteiger partial charge on any atom is 0.326 e. The molecule has 4 amide bonds. The molecule has 0 radical (unpaired) electrons. The molecule has 14 heteroatoms. The molecule has 0 rings (SSSR count). The summed E-state index contributed by atoms with van der Waals surface area (Å²) >= 11 is 0. The van der Waals surface area contributed by atoms with E-state index in [9.17, 15) is 24.0 Å². The molecular formula is C16H30N8O6. The Morgan fingerprint density at radius 3 is 2.17 bits per heavy atom. The monoisotopic (exact) mass is 430 g/mol. The van der Waals surface area contributed by atoms with Gasteiger partial charge in [0.05, 0.1) is 12.6 Å². The molecule has 0 aliphatic heterocycles. The SMILES string of the molecule is C[C@H](NC(=O)[C@@H](N)CCC(N)=O)C(=O)NCC(=O)N[C@@H](CCCNC(=N)N)C(=O)O. The van der Waals surface area contributed by atoms with Crippen molar-refractivity contribution in [1.29, 1.82) is 5.41 Å². The number of hydrogen-bond donors (Lipinski definition) is 9. The first-order chi connectivity index (χ1) is 13.9. The van der Waals surface area contributed by atoms with Crippen LogP contribution >= 0.6 is 0 Å². The van der Waals surface area contributed by atoms with E-state index in [-0.39, 0.29) is 31.8 Å². The van der Waals surface area contributed by atoms with E-state index in [1.165, 1.54) is 6.92 Å². The van der Waals surface area contributed by atoms with Crippen molar-refractivity contribution >= 4 is 35.6 Å². The van der Waals surface area contributed by atoms with Crippen LogP contribution in [-0.4, -0.2) is 71.9 Å². The summed E-state index contributed by atoms with van der Waals surface area (Å²) in [6.45, 7) is 1.14. The van der Waals surface area contributed by atoms with Gasteiger partial charge in [-0.1, -0.05) is 0 Å². The van der Waals surface area contributed by atoms with Crippen LogP contribution in [0.4, 0.5) is 0 Å². The third-order valence-corrected chi connectivity index (χ3v) is 3.83. The number of primary amides is 1. The van der Waals surface area contributed by atoms with Gasteiger partial charge in [0.25, 0.3) is 0 Å². The number of carboxylic acids is 1. The summed E-state index contributed by atoms with van der Waals surface area (Å²) in [5, 5.41) is 25.5. The molecule has 0 heterocycles. The second-order valence-electron chi connectivity index (χ2n) is 6.50. The van der Waals surface area contributed by atoms with Crippen molar-refractivity contribution in [2.24, 2.45) is 17.2 Å². The van der Waals surface area contributed by atoms with Gasteiger partial charge in [0.2, 0.25) is 23.6 Å². The van der Waals surface area contributed by atoms with E-state index < -0.39 is 54.3 Å². The molecule has 0 spiro atoms. The fraction of sp³-hybridized carbons (Fsp3) is 0.625. The summed E-state index contributed by atoms with van der Waals surface area (Å²) < 4.78 is 0. The lowest BCUT2D eigenvalue weighted by Crippen LogP contribution is -2.52. The minimum atomic E-state index is -1.25. The van der Waals surface area contributed by atoms with Crippen LogP contribution in [0.25, 0.3) is 0 Å². The molecule has 3 atom stereocenters. The number of carboxylic acid groups (broad SMARTS) is 1. The number of guanidine groups is 1. The number of hydrogen-bond acceptors (Lipinski definition) is 7. The summed E-state index contributed by atoms with van der Waals surface area (Å²) in [5.74, 6) is -4.17. The zero-order chi connectivity index (χ0) is 23.3. The van der Waals surface area contributed by atoms with Crippen LogP contribution in [-0.2, 0) is 24.0 Å². The summed E-state index contributed by atoms with van der Waals surface area (Å²) in [7, 11) is 0. The van der Waals surface area contributed by atoms with Crippen molar-refractivity contribution in [2.45, 2.75) is 50.7 Å². The Balaban J connectivity index is 4.37. The van der Waals surface area contributed by atoms with Crippen molar-refractivity contribution in [3.8, 4) is 0 Å². The van der Waals surface area contributed by atoms with Crippen LogP contribution < -0.4 is 38.5 Å². The molecule has 14 nitrogen and oxygen atoms in total. The highest BCUT2D eigenvalue weighted by molar-refractivity contribution is 5.92.